The predicted octanol–water partition coefficient (Wildman–Crippen LogP) is 4.62. The molecule has 170 valence electrons. The van der Waals surface area contributed by atoms with E-state index >= 15 is 0 Å². The normalized spacial score (nSPS) is 11.7. The SMILES string of the molecule is CCc1nn(C)c(CC)c1-c1nc(C)nc2[nH]c3cc(-c4c(C)noc4C)c(OC)nc3c12. The number of methoxy groups -OCH3 is 1. The van der Waals surface area contributed by atoms with Crippen LogP contribution < -0.4 is 4.74 Å². The van der Waals surface area contributed by atoms with Crippen molar-refractivity contribution in [1.29, 1.82) is 0 Å². The Balaban J connectivity index is 1.89. The molecule has 0 atom stereocenters. The molecule has 5 rings (SSSR count). The van der Waals surface area contributed by atoms with Crippen molar-refractivity contribution in [1.82, 2.24) is 34.9 Å². The van der Waals surface area contributed by atoms with Crippen LogP contribution in [0.5, 0.6) is 5.88 Å². The van der Waals surface area contributed by atoms with Crippen LogP contribution in [0, 0.1) is 20.8 Å². The fourth-order valence-electron chi connectivity index (χ4n) is 4.73. The molecule has 0 aliphatic heterocycles. The van der Waals surface area contributed by atoms with Crippen LogP contribution in [0.2, 0.25) is 0 Å². The highest BCUT2D eigenvalue weighted by molar-refractivity contribution is 6.11. The molecule has 9 nitrogen and oxygen atoms in total. The van der Waals surface area contributed by atoms with Gasteiger partial charge < -0.3 is 14.2 Å². The molecule has 0 aromatic carbocycles. The van der Waals surface area contributed by atoms with Crippen LogP contribution in [-0.2, 0) is 19.9 Å². The van der Waals surface area contributed by atoms with Gasteiger partial charge >= 0.3 is 0 Å². The molecule has 0 saturated heterocycles. The summed E-state index contributed by atoms with van der Waals surface area (Å²) in [4.78, 5) is 18.0. The summed E-state index contributed by atoms with van der Waals surface area (Å²) in [6.45, 7) is 9.96. The van der Waals surface area contributed by atoms with Crippen LogP contribution in [0.3, 0.4) is 0 Å². The Morgan fingerprint density at radius 1 is 1.06 bits per heavy atom. The maximum absolute atomic E-state index is 5.72. The molecule has 0 amide bonds. The minimum atomic E-state index is 0.502. The van der Waals surface area contributed by atoms with Crippen molar-refractivity contribution in [3.8, 4) is 28.3 Å². The van der Waals surface area contributed by atoms with Crippen molar-refractivity contribution in [2.24, 2.45) is 7.05 Å². The fraction of sp³-hybridized carbons (Fsp3) is 0.375. The molecule has 0 fully saturated rings. The molecule has 0 saturated carbocycles. The molecule has 0 aliphatic carbocycles. The molecular formula is C24H27N7O2. The second-order valence-corrected chi connectivity index (χ2v) is 8.21. The van der Waals surface area contributed by atoms with E-state index in [0.717, 1.165) is 80.1 Å². The average molecular weight is 446 g/mol. The van der Waals surface area contributed by atoms with Crippen LogP contribution >= 0.6 is 0 Å². The number of pyridine rings is 1. The van der Waals surface area contributed by atoms with E-state index in [1.807, 2.05) is 38.6 Å². The zero-order valence-electron chi connectivity index (χ0n) is 20.0. The molecule has 0 radical (unpaired) electrons. The van der Waals surface area contributed by atoms with Gasteiger partial charge in [-0.15, -0.1) is 0 Å². The molecule has 5 aromatic heterocycles. The van der Waals surface area contributed by atoms with Crippen LogP contribution in [0.25, 0.3) is 44.5 Å². The van der Waals surface area contributed by atoms with Crippen molar-refractivity contribution >= 4 is 22.1 Å². The lowest BCUT2D eigenvalue weighted by atomic mass is 10.0. The standard InChI is InChI=1S/C24H27N7O2/c1-8-15-19(17(9-2)31(6)29-15)22-20-21-16(27-23(20)26-13(5)25-22)10-14(24(28-21)32-7)18-11(3)30-33-12(18)4/h10H,8-9H2,1-7H3,(H,25,26,27). The maximum atomic E-state index is 5.72. The number of hydrogen-bond donors (Lipinski definition) is 1. The summed E-state index contributed by atoms with van der Waals surface area (Å²) in [6, 6.07) is 2.03. The number of H-pyrrole nitrogens is 1. The van der Waals surface area contributed by atoms with Gasteiger partial charge in [-0.05, 0) is 39.7 Å². The van der Waals surface area contributed by atoms with E-state index in [9.17, 15) is 0 Å². The van der Waals surface area contributed by atoms with Crippen molar-refractivity contribution in [3.63, 3.8) is 0 Å². The Kier molecular flexibility index (Phi) is 4.92. The number of fused-ring (bicyclic) bond motifs is 3. The highest BCUT2D eigenvalue weighted by Crippen LogP contribution is 2.40. The van der Waals surface area contributed by atoms with E-state index < -0.39 is 0 Å². The molecule has 5 heterocycles. The Morgan fingerprint density at radius 3 is 2.48 bits per heavy atom. The molecule has 1 N–H and O–H groups in total. The number of aryl methyl sites for hydroxylation is 5. The molecular weight excluding hydrogens is 418 g/mol. The Morgan fingerprint density at radius 2 is 1.85 bits per heavy atom. The highest BCUT2D eigenvalue weighted by Gasteiger charge is 2.25. The van der Waals surface area contributed by atoms with Gasteiger partial charge in [-0.3, -0.25) is 4.68 Å². The lowest BCUT2D eigenvalue weighted by molar-refractivity contribution is 0.392. The molecule has 0 bridgehead atoms. The summed E-state index contributed by atoms with van der Waals surface area (Å²) in [5, 5.41) is 9.73. The second kappa shape index (κ2) is 7.68. The van der Waals surface area contributed by atoms with Gasteiger partial charge in [-0.25, -0.2) is 15.0 Å². The number of nitrogens with zero attached hydrogens (tertiary/aromatic N) is 6. The number of hydrogen-bond acceptors (Lipinski definition) is 7. The third-order valence-corrected chi connectivity index (χ3v) is 6.14. The third-order valence-electron chi connectivity index (χ3n) is 6.14. The first-order valence-electron chi connectivity index (χ1n) is 11.1. The van der Waals surface area contributed by atoms with Gasteiger partial charge in [0.25, 0.3) is 0 Å². The lowest BCUT2D eigenvalue weighted by Gasteiger charge is -2.09. The van der Waals surface area contributed by atoms with E-state index in [4.69, 9.17) is 29.3 Å². The summed E-state index contributed by atoms with van der Waals surface area (Å²) in [7, 11) is 3.61. The topological polar surface area (TPSA) is 108 Å². The summed E-state index contributed by atoms with van der Waals surface area (Å²) in [5.41, 5.74) is 8.92. The maximum Gasteiger partial charge on any atom is 0.221 e. The van der Waals surface area contributed by atoms with E-state index in [0.29, 0.717) is 11.7 Å². The van der Waals surface area contributed by atoms with Gasteiger partial charge in [-0.1, -0.05) is 19.0 Å². The zero-order valence-corrected chi connectivity index (χ0v) is 20.0. The van der Waals surface area contributed by atoms with Crippen LogP contribution in [-0.4, -0.2) is 42.0 Å². The van der Waals surface area contributed by atoms with Crippen LogP contribution in [0.1, 0.15) is 42.5 Å². The highest BCUT2D eigenvalue weighted by atomic mass is 16.5. The summed E-state index contributed by atoms with van der Waals surface area (Å²) in [6.07, 6.45) is 1.65. The minimum absolute atomic E-state index is 0.502. The lowest BCUT2D eigenvalue weighted by Crippen LogP contribution is -1.99. The fourth-order valence-corrected chi connectivity index (χ4v) is 4.73. The molecule has 33 heavy (non-hydrogen) atoms. The second-order valence-electron chi connectivity index (χ2n) is 8.21. The molecule has 0 spiro atoms. The largest absolute Gasteiger partial charge is 0.481 e. The number of ether oxygens (including phenoxy) is 1. The van der Waals surface area contributed by atoms with Gasteiger partial charge in [-0.2, -0.15) is 5.10 Å². The monoisotopic (exact) mass is 445 g/mol. The van der Waals surface area contributed by atoms with E-state index in [1.165, 1.54) is 0 Å². The van der Waals surface area contributed by atoms with Crippen LogP contribution in [0.4, 0.5) is 0 Å². The number of aromatic nitrogens is 7. The summed E-state index contributed by atoms with van der Waals surface area (Å²) >= 11 is 0. The van der Waals surface area contributed by atoms with Crippen LogP contribution in [0.15, 0.2) is 10.6 Å². The predicted molar refractivity (Wildman–Crippen MR) is 126 cm³/mol. The van der Waals surface area contributed by atoms with E-state index in [1.54, 1.807) is 7.11 Å². The number of rotatable bonds is 5. The first-order chi connectivity index (χ1) is 15.9. The van der Waals surface area contributed by atoms with Gasteiger partial charge in [0.1, 0.15) is 22.7 Å². The number of aromatic amines is 1. The van der Waals surface area contributed by atoms with Gasteiger partial charge in [0, 0.05) is 18.3 Å². The molecule has 0 unspecified atom stereocenters. The van der Waals surface area contributed by atoms with Crippen molar-refractivity contribution in [2.75, 3.05) is 7.11 Å². The average Bonchev–Trinajstić information content (AvgIpc) is 3.43. The molecule has 9 heteroatoms. The third kappa shape index (κ3) is 3.10. The first kappa shape index (κ1) is 21.1. The van der Waals surface area contributed by atoms with Gasteiger partial charge in [0.2, 0.25) is 5.88 Å². The van der Waals surface area contributed by atoms with Gasteiger partial charge in [0.05, 0.1) is 46.2 Å². The smallest absolute Gasteiger partial charge is 0.221 e. The quantitative estimate of drug-likeness (QED) is 0.420. The first-order valence-corrected chi connectivity index (χ1v) is 11.1. The van der Waals surface area contributed by atoms with E-state index in [-0.39, 0.29) is 0 Å². The number of nitrogens with one attached hydrogen (secondary N) is 1. The van der Waals surface area contributed by atoms with E-state index in [2.05, 4.69) is 24.0 Å². The van der Waals surface area contributed by atoms with Gasteiger partial charge in [0.15, 0.2) is 0 Å². The molecule has 5 aromatic rings. The Labute approximate surface area is 191 Å². The van der Waals surface area contributed by atoms with Crippen molar-refractivity contribution in [3.05, 3.63) is 34.7 Å². The summed E-state index contributed by atoms with van der Waals surface area (Å²) < 4.78 is 13.1. The zero-order chi connectivity index (χ0) is 23.4. The molecule has 0 aliphatic rings. The van der Waals surface area contributed by atoms with Crippen molar-refractivity contribution < 1.29 is 9.26 Å². The minimum Gasteiger partial charge on any atom is -0.481 e. The Bertz CT molecular complexity index is 1500. The summed E-state index contributed by atoms with van der Waals surface area (Å²) in [5.74, 6) is 1.91. The van der Waals surface area contributed by atoms with Crippen molar-refractivity contribution in [2.45, 2.75) is 47.5 Å². The Hall–Kier alpha value is -3.75.